The predicted octanol–water partition coefficient (Wildman–Crippen LogP) is 5.01. The van der Waals surface area contributed by atoms with Gasteiger partial charge in [-0.3, -0.25) is 0 Å². The number of benzene rings is 2. The lowest BCUT2D eigenvalue weighted by Gasteiger charge is -2.09. The van der Waals surface area contributed by atoms with Gasteiger partial charge in [-0.1, -0.05) is 42.5 Å². The zero-order chi connectivity index (χ0) is 18.8. The van der Waals surface area contributed by atoms with Crippen LogP contribution in [0.4, 0.5) is 4.39 Å². The summed E-state index contributed by atoms with van der Waals surface area (Å²) in [5.41, 5.74) is 1.94. The van der Waals surface area contributed by atoms with Gasteiger partial charge in [0.1, 0.15) is 10.7 Å². The third-order valence-electron chi connectivity index (χ3n) is 4.34. The maximum atomic E-state index is 13.6. The fourth-order valence-corrected chi connectivity index (χ4v) is 3.72. The van der Waals surface area contributed by atoms with Gasteiger partial charge in [-0.25, -0.2) is 13.9 Å². The van der Waals surface area contributed by atoms with Crippen molar-refractivity contribution in [1.82, 2.24) is 9.78 Å². The molecule has 4 rings (SSSR count). The minimum absolute atomic E-state index is 0.0329. The van der Waals surface area contributed by atoms with Crippen molar-refractivity contribution in [2.75, 3.05) is 0 Å². The van der Waals surface area contributed by atoms with Crippen molar-refractivity contribution in [3.8, 4) is 5.88 Å². The molecule has 0 aliphatic rings. The first-order chi connectivity index (χ1) is 13.1. The van der Waals surface area contributed by atoms with Crippen molar-refractivity contribution < 1.29 is 13.9 Å². The first-order valence-corrected chi connectivity index (χ1v) is 9.46. The third kappa shape index (κ3) is 3.61. The fraction of sp³-hybridized carbons (Fsp3) is 0.143. The summed E-state index contributed by atoms with van der Waals surface area (Å²) in [6.45, 7) is 2.38. The molecule has 2 heterocycles. The molecule has 0 atom stereocenters. The van der Waals surface area contributed by atoms with Crippen LogP contribution < -0.4 is 4.74 Å². The van der Waals surface area contributed by atoms with Crippen LogP contribution in [0.15, 0.2) is 60.0 Å². The highest BCUT2D eigenvalue weighted by Gasteiger charge is 2.18. The molecule has 0 fully saturated rings. The van der Waals surface area contributed by atoms with Gasteiger partial charge in [-0.05, 0) is 41.1 Å². The van der Waals surface area contributed by atoms with Crippen molar-refractivity contribution in [2.45, 2.75) is 19.9 Å². The number of rotatable bonds is 5. The quantitative estimate of drug-likeness (QED) is 0.457. The molecule has 0 saturated carbocycles. The van der Waals surface area contributed by atoms with E-state index < -0.39 is 11.8 Å². The lowest BCUT2D eigenvalue weighted by molar-refractivity contribution is 0.0719. The van der Waals surface area contributed by atoms with Crippen molar-refractivity contribution >= 4 is 28.1 Å². The van der Waals surface area contributed by atoms with Crippen LogP contribution in [0.2, 0.25) is 0 Å². The summed E-state index contributed by atoms with van der Waals surface area (Å²) in [7, 11) is 0. The number of esters is 1. The highest BCUT2D eigenvalue weighted by atomic mass is 32.1. The standard InChI is InChI=1S/C21H17FN2O2S/c1-14-13-19(26-21(25)20-18(22)10-12-27-20)24(23-14)11-9-16-7-4-6-15-5-2-3-8-17(15)16/h2-8,10,12-13H,9,11H2,1H3. The average Bonchev–Trinajstić information content (AvgIpc) is 3.25. The number of aromatic nitrogens is 2. The molecule has 4 aromatic rings. The van der Waals surface area contributed by atoms with Crippen molar-refractivity contribution in [3.05, 3.63) is 81.9 Å². The summed E-state index contributed by atoms with van der Waals surface area (Å²) in [5.74, 6) is -0.942. The molecule has 0 aliphatic carbocycles. The Morgan fingerprint density at radius 1 is 1.19 bits per heavy atom. The van der Waals surface area contributed by atoms with E-state index in [4.69, 9.17) is 4.74 Å². The van der Waals surface area contributed by atoms with Gasteiger partial charge in [0.25, 0.3) is 0 Å². The average molecular weight is 380 g/mol. The second-order valence-corrected chi connectivity index (χ2v) is 7.14. The normalized spacial score (nSPS) is 11.0. The number of carbonyl (C=O) groups excluding carboxylic acids is 1. The number of aryl methyl sites for hydroxylation is 3. The van der Waals surface area contributed by atoms with Crippen molar-refractivity contribution in [2.24, 2.45) is 0 Å². The van der Waals surface area contributed by atoms with E-state index in [9.17, 15) is 9.18 Å². The minimum Gasteiger partial charge on any atom is -0.403 e. The third-order valence-corrected chi connectivity index (χ3v) is 5.21. The molecule has 2 aromatic heterocycles. The Hall–Kier alpha value is -2.99. The van der Waals surface area contributed by atoms with E-state index in [1.165, 1.54) is 27.8 Å². The Kier molecular flexibility index (Phi) is 4.73. The summed E-state index contributed by atoms with van der Waals surface area (Å²) < 4.78 is 20.7. The second-order valence-electron chi connectivity index (χ2n) is 6.22. The number of carbonyl (C=O) groups is 1. The molecule has 136 valence electrons. The topological polar surface area (TPSA) is 44.1 Å². The lowest BCUT2D eigenvalue weighted by Crippen LogP contribution is -2.13. The number of ether oxygens (including phenoxy) is 1. The Bertz CT molecular complexity index is 1110. The van der Waals surface area contributed by atoms with Crippen LogP contribution in [-0.2, 0) is 13.0 Å². The Balaban J connectivity index is 1.55. The molecule has 0 aliphatic heterocycles. The van der Waals surface area contributed by atoms with Gasteiger partial charge in [0.2, 0.25) is 5.88 Å². The van der Waals surface area contributed by atoms with Crippen LogP contribution in [0.5, 0.6) is 5.88 Å². The molecule has 0 unspecified atom stereocenters. The van der Waals surface area contributed by atoms with Crippen LogP contribution in [-0.4, -0.2) is 15.7 Å². The van der Waals surface area contributed by atoms with E-state index >= 15 is 0 Å². The molecule has 0 bridgehead atoms. The van der Waals surface area contributed by atoms with E-state index in [1.54, 1.807) is 10.7 Å². The number of hydrogen-bond acceptors (Lipinski definition) is 4. The van der Waals surface area contributed by atoms with Crippen LogP contribution in [0.3, 0.4) is 0 Å². The summed E-state index contributed by atoms with van der Waals surface area (Å²) in [6, 6.07) is 17.4. The van der Waals surface area contributed by atoms with Gasteiger partial charge >= 0.3 is 5.97 Å². The number of nitrogens with zero attached hydrogens (tertiary/aromatic N) is 2. The molecule has 0 amide bonds. The summed E-state index contributed by atoms with van der Waals surface area (Å²) >= 11 is 1.02. The molecule has 0 spiro atoms. The fourth-order valence-electron chi connectivity index (χ4n) is 3.08. The number of hydrogen-bond donors (Lipinski definition) is 0. The Morgan fingerprint density at radius 3 is 2.81 bits per heavy atom. The Morgan fingerprint density at radius 2 is 2.00 bits per heavy atom. The van der Waals surface area contributed by atoms with E-state index in [1.807, 2.05) is 25.1 Å². The van der Waals surface area contributed by atoms with Crippen LogP contribution in [0.25, 0.3) is 10.8 Å². The van der Waals surface area contributed by atoms with E-state index in [0.29, 0.717) is 12.4 Å². The monoisotopic (exact) mass is 380 g/mol. The number of halogens is 1. The van der Waals surface area contributed by atoms with E-state index in [-0.39, 0.29) is 4.88 Å². The van der Waals surface area contributed by atoms with Gasteiger partial charge in [0.15, 0.2) is 0 Å². The molecule has 27 heavy (non-hydrogen) atoms. The Labute approximate surface area is 159 Å². The molecule has 0 radical (unpaired) electrons. The summed E-state index contributed by atoms with van der Waals surface area (Å²) in [4.78, 5) is 12.2. The summed E-state index contributed by atoms with van der Waals surface area (Å²) in [5, 5.41) is 8.32. The van der Waals surface area contributed by atoms with Crippen LogP contribution >= 0.6 is 11.3 Å². The van der Waals surface area contributed by atoms with Gasteiger partial charge < -0.3 is 4.74 Å². The molecular weight excluding hydrogens is 363 g/mol. The molecule has 4 nitrogen and oxygen atoms in total. The first-order valence-electron chi connectivity index (χ1n) is 8.58. The summed E-state index contributed by atoms with van der Waals surface area (Å²) in [6.07, 6.45) is 0.736. The van der Waals surface area contributed by atoms with Crippen molar-refractivity contribution in [1.29, 1.82) is 0 Å². The molecule has 0 saturated heterocycles. The predicted molar refractivity (Wildman–Crippen MR) is 104 cm³/mol. The van der Waals surface area contributed by atoms with Gasteiger partial charge in [-0.15, -0.1) is 11.3 Å². The van der Waals surface area contributed by atoms with Crippen molar-refractivity contribution in [3.63, 3.8) is 0 Å². The highest BCUT2D eigenvalue weighted by molar-refractivity contribution is 7.12. The maximum absolute atomic E-state index is 13.6. The first kappa shape index (κ1) is 17.4. The molecular formula is C21H17FN2O2S. The SMILES string of the molecule is Cc1cc(OC(=O)c2sccc2F)n(CCc2cccc3ccccc23)n1. The highest BCUT2D eigenvalue weighted by Crippen LogP contribution is 2.22. The van der Waals surface area contributed by atoms with Crippen LogP contribution in [0.1, 0.15) is 20.9 Å². The maximum Gasteiger partial charge on any atom is 0.358 e. The zero-order valence-corrected chi connectivity index (χ0v) is 15.5. The van der Waals surface area contributed by atoms with Gasteiger partial charge in [0, 0.05) is 12.6 Å². The van der Waals surface area contributed by atoms with Gasteiger partial charge in [0.05, 0.1) is 5.69 Å². The van der Waals surface area contributed by atoms with Crippen LogP contribution in [0, 0.1) is 12.7 Å². The largest absolute Gasteiger partial charge is 0.403 e. The van der Waals surface area contributed by atoms with Gasteiger partial charge in [-0.2, -0.15) is 5.10 Å². The second kappa shape index (κ2) is 7.32. The minimum atomic E-state index is -0.700. The smallest absolute Gasteiger partial charge is 0.358 e. The lowest BCUT2D eigenvalue weighted by atomic mass is 10.0. The number of fused-ring (bicyclic) bond motifs is 1. The zero-order valence-electron chi connectivity index (χ0n) is 14.7. The van der Waals surface area contributed by atoms with E-state index in [2.05, 4.69) is 29.4 Å². The molecule has 6 heteroatoms. The number of thiophene rings is 1. The molecule has 0 N–H and O–H groups in total. The molecule has 2 aromatic carbocycles. The van der Waals surface area contributed by atoms with E-state index in [0.717, 1.165) is 23.5 Å².